The lowest BCUT2D eigenvalue weighted by molar-refractivity contribution is 0.0325. The van der Waals surface area contributed by atoms with Crippen LogP contribution in [0.4, 0.5) is 22.0 Å². The highest BCUT2D eigenvalue weighted by Crippen LogP contribution is 2.48. The first-order valence-corrected chi connectivity index (χ1v) is 8.73. The van der Waals surface area contributed by atoms with Gasteiger partial charge in [-0.1, -0.05) is 0 Å². The smallest absolute Gasteiger partial charge is 0.194 e. The maximum Gasteiger partial charge on any atom is 0.194 e. The van der Waals surface area contributed by atoms with Gasteiger partial charge >= 0.3 is 0 Å². The molecule has 0 saturated heterocycles. The monoisotopic (exact) mass is 346 g/mol. The van der Waals surface area contributed by atoms with Crippen molar-refractivity contribution >= 4 is 0 Å². The van der Waals surface area contributed by atoms with Crippen molar-refractivity contribution in [3.05, 3.63) is 35.1 Å². The molecule has 0 nitrogen and oxygen atoms in total. The number of hydrogen-bond acceptors (Lipinski definition) is 0. The van der Waals surface area contributed by atoms with Gasteiger partial charge in [0.1, 0.15) is 11.3 Å². The predicted molar refractivity (Wildman–Crippen MR) is 82.5 cm³/mol. The van der Waals surface area contributed by atoms with Crippen LogP contribution in [0.25, 0.3) is 0 Å². The molecule has 0 amide bonds. The van der Waals surface area contributed by atoms with Crippen LogP contribution in [0.3, 0.4) is 0 Å². The third-order valence-electron chi connectivity index (χ3n) is 6.06. The molecule has 134 valence electrons. The molecule has 0 aliphatic heterocycles. The first kappa shape index (κ1) is 17.7. The lowest BCUT2D eigenvalue weighted by atomic mass is 9.67. The quantitative estimate of drug-likeness (QED) is 0.431. The minimum absolute atomic E-state index is 0.114. The zero-order valence-corrected chi connectivity index (χ0v) is 13.9. The van der Waals surface area contributed by atoms with Gasteiger partial charge in [0.25, 0.3) is 0 Å². The third kappa shape index (κ3) is 3.45. The van der Waals surface area contributed by atoms with Gasteiger partial charge in [-0.2, -0.15) is 0 Å². The molecule has 1 aromatic carbocycles. The maximum atomic E-state index is 15.1. The van der Waals surface area contributed by atoms with Crippen LogP contribution in [0.1, 0.15) is 63.9 Å². The van der Waals surface area contributed by atoms with Crippen molar-refractivity contribution in [3.8, 4) is 0 Å². The first-order chi connectivity index (χ1) is 11.2. The molecule has 2 saturated carbocycles. The van der Waals surface area contributed by atoms with E-state index >= 15 is 4.39 Å². The van der Waals surface area contributed by atoms with Gasteiger partial charge in [-0.15, -0.1) is 0 Å². The molecule has 2 fully saturated rings. The van der Waals surface area contributed by atoms with E-state index in [1.807, 2.05) is 0 Å². The summed E-state index contributed by atoms with van der Waals surface area (Å²) < 4.78 is 68.9. The largest absolute Gasteiger partial charge is 0.244 e. The van der Waals surface area contributed by atoms with Crippen LogP contribution >= 0.6 is 0 Å². The molecule has 0 spiro atoms. The van der Waals surface area contributed by atoms with E-state index in [-0.39, 0.29) is 18.4 Å². The van der Waals surface area contributed by atoms with E-state index in [1.165, 1.54) is 0 Å². The van der Waals surface area contributed by atoms with Crippen molar-refractivity contribution in [2.45, 2.75) is 69.6 Å². The van der Waals surface area contributed by atoms with Crippen LogP contribution in [-0.2, 0) is 5.67 Å². The van der Waals surface area contributed by atoms with Gasteiger partial charge in [0, 0.05) is 0 Å². The topological polar surface area (TPSA) is 0 Å². The van der Waals surface area contributed by atoms with E-state index in [2.05, 4.69) is 0 Å². The maximum absolute atomic E-state index is 15.1. The summed E-state index contributed by atoms with van der Waals surface area (Å²) in [5.41, 5.74) is -3.01. The van der Waals surface area contributed by atoms with Crippen molar-refractivity contribution < 1.29 is 22.0 Å². The van der Waals surface area contributed by atoms with E-state index in [9.17, 15) is 17.6 Å². The van der Waals surface area contributed by atoms with E-state index in [0.717, 1.165) is 25.0 Å². The fraction of sp³-hybridized carbons (Fsp3) is 0.684. The first-order valence-electron chi connectivity index (χ1n) is 8.73. The molecule has 0 radical (unpaired) electrons. The predicted octanol–water partition coefficient (Wildman–Crippen LogP) is 6.38. The molecule has 0 aromatic heterocycles. The lowest BCUT2D eigenvalue weighted by Gasteiger charge is -2.41. The summed E-state index contributed by atoms with van der Waals surface area (Å²) in [6, 6.07) is 1.54. The second-order valence-electron chi connectivity index (χ2n) is 7.81. The summed E-state index contributed by atoms with van der Waals surface area (Å²) in [4.78, 5) is 0. The summed E-state index contributed by atoms with van der Waals surface area (Å²) >= 11 is 0. The van der Waals surface area contributed by atoms with Gasteiger partial charge in [0.2, 0.25) is 0 Å². The normalized spacial score (nSPS) is 37.4. The number of halogens is 5. The molecule has 0 atom stereocenters. The van der Waals surface area contributed by atoms with Crippen LogP contribution in [-0.4, -0.2) is 5.67 Å². The van der Waals surface area contributed by atoms with Crippen LogP contribution in [0.2, 0.25) is 0 Å². The van der Waals surface area contributed by atoms with Crippen molar-refractivity contribution in [2.24, 2.45) is 11.8 Å². The van der Waals surface area contributed by atoms with Crippen LogP contribution in [0.5, 0.6) is 0 Å². The van der Waals surface area contributed by atoms with Crippen molar-refractivity contribution in [1.29, 1.82) is 0 Å². The molecule has 1 aromatic rings. The minimum atomic E-state index is -1.81. The standard InChI is InChI=1S/C19H23F5/c1-18(23)6-2-12(3-7-18)13-4-8-19(24,9-5-13)14-10-15(20)17(22)16(21)11-14/h10-13H,2-9H2,1H3. The SMILES string of the molecule is CC1(F)CCC(C2CCC(F)(c3cc(F)c(F)c(F)c3)CC2)CC1. The number of benzene rings is 1. The Balaban J connectivity index is 1.66. The van der Waals surface area contributed by atoms with Crippen molar-refractivity contribution in [3.63, 3.8) is 0 Å². The summed E-state index contributed by atoms with van der Waals surface area (Å²) in [7, 11) is 0. The molecule has 0 N–H and O–H groups in total. The van der Waals surface area contributed by atoms with Gasteiger partial charge in [-0.05, 0) is 87.8 Å². The molecule has 2 aliphatic carbocycles. The Morgan fingerprint density at radius 3 is 1.67 bits per heavy atom. The number of alkyl halides is 2. The fourth-order valence-electron chi connectivity index (χ4n) is 4.39. The molecule has 0 bridgehead atoms. The summed E-state index contributed by atoms with van der Waals surface area (Å²) in [6.45, 7) is 1.63. The van der Waals surface area contributed by atoms with E-state index in [0.29, 0.717) is 37.5 Å². The highest BCUT2D eigenvalue weighted by Gasteiger charge is 2.41. The highest BCUT2D eigenvalue weighted by molar-refractivity contribution is 5.26. The molecule has 0 unspecified atom stereocenters. The van der Waals surface area contributed by atoms with Crippen LogP contribution in [0.15, 0.2) is 12.1 Å². The Morgan fingerprint density at radius 1 is 0.792 bits per heavy atom. The Kier molecular flexibility index (Phi) is 4.65. The third-order valence-corrected chi connectivity index (χ3v) is 6.06. The Bertz CT molecular complexity index is 569. The molecule has 2 aliphatic rings. The lowest BCUT2D eigenvalue weighted by Crippen LogP contribution is -2.34. The van der Waals surface area contributed by atoms with E-state index < -0.39 is 28.8 Å². The Hall–Kier alpha value is -1.13. The minimum Gasteiger partial charge on any atom is -0.244 e. The molecule has 24 heavy (non-hydrogen) atoms. The van der Waals surface area contributed by atoms with Gasteiger partial charge < -0.3 is 0 Å². The number of hydrogen-bond donors (Lipinski definition) is 0. The summed E-state index contributed by atoms with van der Waals surface area (Å²) in [5, 5.41) is 0. The zero-order chi connectivity index (χ0) is 17.5. The van der Waals surface area contributed by atoms with Gasteiger partial charge in [-0.25, -0.2) is 22.0 Å². The highest BCUT2D eigenvalue weighted by atomic mass is 19.2. The second kappa shape index (κ2) is 6.30. The summed E-state index contributed by atoms with van der Waals surface area (Å²) in [6.07, 6.45) is 4.30. The van der Waals surface area contributed by atoms with Crippen LogP contribution in [0, 0.1) is 29.3 Å². The molecule has 0 heterocycles. The fourth-order valence-corrected chi connectivity index (χ4v) is 4.39. The molecule has 5 heteroatoms. The van der Waals surface area contributed by atoms with Crippen molar-refractivity contribution in [1.82, 2.24) is 0 Å². The zero-order valence-electron chi connectivity index (χ0n) is 13.9. The van der Waals surface area contributed by atoms with Gasteiger partial charge in [0.05, 0.1) is 0 Å². The van der Waals surface area contributed by atoms with E-state index in [1.54, 1.807) is 6.92 Å². The second-order valence-corrected chi connectivity index (χ2v) is 7.81. The molecular weight excluding hydrogens is 323 g/mol. The Labute approximate surface area is 139 Å². The van der Waals surface area contributed by atoms with Gasteiger partial charge in [0.15, 0.2) is 17.5 Å². The summed E-state index contributed by atoms with van der Waals surface area (Å²) in [5.74, 6) is -3.52. The number of rotatable bonds is 2. The van der Waals surface area contributed by atoms with Crippen LogP contribution < -0.4 is 0 Å². The average molecular weight is 346 g/mol. The average Bonchev–Trinajstić information content (AvgIpc) is 2.53. The molecule has 3 rings (SSSR count). The van der Waals surface area contributed by atoms with Crippen molar-refractivity contribution in [2.75, 3.05) is 0 Å². The Morgan fingerprint density at radius 2 is 1.21 bits per heavy atom. The van der Waals surface area contributed by atoms with E-state index in [4.69, 9.17) is 0 Å². The molecular formula is C19H23F5. The van der Waals surface area contributed by atoms with Gasteiger partial charge in [-0.3, -0.25) is 0 Å².